The Morgan fingerprint density at radius 3 is 2.71 bits per heavy atom. The standard InChI is InChI=1S/C16H20ClNO2.ClH/c1-20-14-7-6-13(17)15-12(14)5-4-11(16(15)19)10-18-8-2-3-9-18;/h6-7,11H,2-5,8-10H2,1H3;1H. The fourth-order valence-electron chi connectivity index (χ4n) is 3.41. The summed E-state index contributed by atoms with van der Waals surface area (Å²) >= 11 is 6.26. The summed E-state index contributed by atoms with van der Waals surface area (Å²) < 4.78 is 5.36. The average Bonchev–Trinajstić information content (AvgIpc) is 2.95. The Hall–Kier alpha value is -0.770. The molecule has 1 unspecified atom stereocenters. The molecule has 0 aromatic heterocycles. The number of nitrogens with zero attached hydrogens (tertiary/aromatic N) is 1. The van der Waals surface area contributed by atoms with E-state index in [1.807, 2.05) is 6.07 Å². The van der Waals surface area contributed by atoms with Crippen molar-refractivity contribution in [2.24, 2.45) is 5.92 Å². The first-order valence-electron chi connectivity index (χ1n) is 7.32. The van der Waals surface area contributed by atoms with Crippen molar-refractivity contribution in [3.8, 4) is 5.75 Å². The molecule has 2 aliphatic rings. The molecule has 0 amide bonds. The maximum absolute atomic E-state index is 12.7. The van der Waals surface area contributed by atoms with Gasteiger partial charge in [0.25, 0.3) is 0 Å². The number of Topliss-reactive ketones (excluding diaryl/α,β-unsaturated/α-hetero) is 1. The summed E-state index contributed by atoms with van der Waals surface area (Å²) in [6.45, 7) is 3.14. The zero-order chi connectivity index (χ0) is 14.1. The number of carbonyl (C=O) groups is 1. The minimum atomic E-state index is 0. The normalized spacial score (nSPS) is 21.8. The third kappa shape index (κ3) is 3.20. The molecule has 1 aliphatic carbocycles. The topological polar surface area (TPSA) is 29.5 Å². The van der Waals surface area contributed by atoms with E-state index in [1.165, 1.54) is 12.8 Å². The zero-order valence-electron chi connectivity index (χ0n) is 12.2. The van der Waals surface area contributed by atoms with E-state index in [2.05, 4.69) is 4.90 Å². The summed E-state index contributed by atoms with van der Waals surface area (Å²) in [7, 11) is 1.64. The highest BCUT2D eigenvalue weighted by molar-refractivity contribution is 6.34. The molecule has 5 heteroatoms. The molecule has 0 spiro atoms. The summed E-state index contributed by atoms with van der Waals surface area (Å²) in [5.74, 6) is 1.07. The monoisotopic (exact) mass is 329 g/mol. The second-order valence-corrected chi connectivity index (χ2v) is 6.12. The van der Waals surface area contributed by atoms with Gasteiger partial charge >= 0.3 is 0 Å². The van der Waals surface area contributed by atoms with E-state index >= 15 is 0 Å². The average molecular weight is 330 g/mol. The van der Waals surface area contributed by atoms with Gasteiger partial charge in [0.2, 0.25) is 0 Å². The van der Waals surface area contributed by atoms with Crippen LogP contribution in [0.1, 0.15) is 35.2 Å². The molecule has 1 aromatic carbocycles. The van der Waals surface area contributed by atoms with Gasteiger partial charge in [0.05, 0.1) is 12.1 Å². The van der Waals surface area contributed by atoms with Gasteiger partial charge in [0.15, 0.2) is 5.78 Å². The van der Waals surface area contributed by atoms with Crippen molar-refractivity contribution in [1.29, 1.82) is 0 Å². The van der Waals surface area contributed by atoms with Crippen LogP contribution in [0.4, 0.5) is 0 Å². The molecule has 3 rings (SSSR count). The molecule has 0 saturated carbocycles. The fraction of sp³-hybridized carbons (Fsp3) is 0.562. The van der Waals surface area contributed by atoms with E-state index in [0.29, 0.717) is 10.6 Å². The van der Waals surface area contributed by atoms with Crippen LogP contribution in [-0.4, -0.2) is 37.4 Å². The van der Waals surface area contributed by atoms with Gasteiger partial charge in [-0.25, -0.2) is 0 Å². The van der Waals surface area contributed by atoms with Crippen LogP contribution in [0.2, 0.25) is 5.02 Å². The Labute approximate surface area is 137 Å². The Kier molecular flexibility index (Phi) is 5.53. The SMILES string of the molecule is COc1ccc(Cl)c2c1CCC(CN1CCCC1)C2=O.Cl. The minimum Gasteiger partial charge on any atom is -0.496 e. The highest BCUT2D eigenvalue weighted by Gasteiger charge is 2.32. The number of fused-ring (bicyclic) bond motifs is 1. The van der Waals surface area contributed by atoms with Crippen molar-refractivity contribution in [2.45, 2.75) is 25.7 Å². The van der Waals surface area contributed by atoms with Crippen LogP contribution in [0, 0.1) is 5.92 Å². The van der Waals surface area contributed by atoms with E-state index in [-0.39, 0.29) is 24.1 Å². The van der Waals surface area contributed by atoms with Gasteiger partial charge in [0, 0.05) is 23.6 Å². The number of hydrogen-bond acceptors (Lipinski definition) is 3. The quantitative estimate of drug-likeness (QED) is 0.848. The van der Waals surface area contributed by atoms with Crippen molar-refractivity contribution in [3.05, 3.63) is 28.3 Å². The van der Waals surface area contributed by atoms with E-state index in [1.54, 1.807) is 13.2 Å². The first-order valence-corrected chi connectivity index (χ1v) is 7.70. The largest absolute Gasteiger partial charge is 0.496 e. The first kappa shape index (κ1) is 16.6. The molecule has 0 bridgehead atoms. The Balaban J connectivity index is 0.00000161. The summed E-state index contributed by atoms with van der Waals surface area (Å²) in [4.78, 5) is 15.1. The number of likely N-dealkylation sites (tertiary alicyclic amines) is 1. The fourth-order valence-corrected chi connectivity index (χ4v) is 3.68. The molecule has 1 aromatic rings. The number of rotatable bonds is 3. The number of ether oxygens (including phenoxy) is 1. The number of halogens is 2. The predicted octanol–water partition coefficient (Wildman–Crippen LogP) is 3.61. The molecule has 1 aliphatic heterocycles. The van der Waals surface area contributed by atoms with Gasteiger partial charge in [-0.3, -0.25) is 4.79 Å². The Bertz CT molecular complexity index is 527. The summed E-state index contributed by atoms with van der Waals surface area (Å²) in [5.41, 5.74) is 1.68. The van der Waals surface area contributed by atoms with Gasteiger partial charge in [-0.15, -0.1) is 12.4 Å². The Morgan fingerprint density at radius 1 is 1.33 bits per heavy atom. The van der Waals surface area contributed by atoms with Gasteiger partial charge in [0.1, 0.15) is 5.75 Å². The van der Waals surface area contributed by atoms with Crippen LogP contribution >= 0.6 is 24.0 Å². The number of hydrogen-bond donors (Lipinski definition) is 0. The van der Waals surface area contributed by atoms with E-state index in [4.69, 9.17) is 16.3 Å². The molecule has 21 heavy (non-hydrogen) atoms. The van der Waals surface area contributed by atoms with Gasteiger partial charge in [-0.2, -0.15) is 0 Å². The number of carbonyl (C=O) groups excluding carboxylic acids is 1. The van der Waals surface area contributed by atoms with Crippen LogP contribution in [0.25, 0.3) is 0 Å². The summed E-state index contributed by atoms with van der Waals surface area (Å²) in [5, 5.41) is 0.567. The third-order valence-electron chi connectivity index (χ3n) is 4.48. The maximum Gasteiger partial charge on any atom is 0.169 e. The smallest absolute Gasteiger partial charge is 0.169 e. The third-order valence-corrected chi connectivity index (χ3v) is 4.79. The molecule has 1 saturated heterocycles. The lowest BCUT2D eigenvalue weighted by Crippen LogP contribution is -2.34. The molecule has 1 fully saturated rings. The maximum atomic E-state index is 12.7. The second-order valence-electron chi connectivity index (χ2n) is 5.71. The zero-order valence-corrected chi connectivity index (χ0v) is 13.8. The van der Waals surface area contributed by atoms with Crippen molar-refractivity contribution < 1.29 is 9.53 Å². The molecule has 3 nitrogen and oxygen atoms in total. The molecule has 1 atom stereocenters. The van der Waals surface area contributed by atoms with Crippen LogP contribution in [-0.2, 0) is 6.42 Å². The number of methoxy groups -OCH3 is 1. The van der Waals surface area contributed by atoms with Gasteiger partial charge in [-0.05, 0) is 50.9 Å². The van der Waals surface area contributed by atoms with Gasteiger partial charge < -0.3 is 9.64 Å². The lowest BCUT2D eigenvalue weighted by molar-refractivity contribution is 0.0868. The number of benzene rings is 1. The van der Waals surface area contributed by atoms with E-state index in [9.17, 15) is 4.79 Å². The highest BCUT2D eigenvalue weighted by atomic mass is 35.5. The minimum absolute atomic E-state index is 0. The van der Waals surface area contributed by atoms with Crippen molar-refractivity contribution in [2.75, 3.05) is 26.7 Å². The summed E-state index contributed by atoms with van der Waals surface area (Å²) in [6, 6.07) is 3.63. The summed E-state index contributed by atoms with van der Waals surface area (Å²) in [6.07, 6.45) is 4.29. The highest BCUT2D eigenvalue weighted by Crippen LogP contribution is 2.37. The molecule has 116 valence electrons. The molecular formula is C16H21Cl2NO2. The molecule has 0 radical (unpaired) electrons. The molecule has 1 heterocycles. The first-order chi connectivity index (χ1) is 9.70. The van der Waals surface area contributed by atoms with Crippen LogP contribution in [0.15, 0.2) is 12.1 Å². The lowest BCUT2D eigenvalue weighted by atomic mass is 9.82. The molecular weight excluding hydrogens is 309 g/mol. The predicted molar refractivity (Wildman–Crippen MR) is 87.1 cm³/mol. The van der Waals surface area contributed by atoms with Crippen LogP contribution < -0.4 is 4.74 Å². The van der Waals surface area contributed by atoms with Crippen molar-refractivity contribution in [3.63, 3.8) is 0 Å². The second kappa shape index (κ2) is 6.99. The lowest BCUT2D eigenvalue weighted by Gasteiger charge is -2.28. The van der Waals surface area contributed by atoms with Crippen molar-refractivity contribution in [1.82, 2.24) is 4.90 Å². The van der Waals surface area contributed by atoms with Crippen LogP contribution in [0.3, 0.4) is 0 Å². The van der Waals surface area contributed by atoms with Gasteiger partial charge in [-0.1, -0.05) is 11.6 Å². The Morgan fingerprint density at radius 2 is 2.05 bits per heavy atom. The molecule has 0 N–H and O–H groups in total. The number of ketones is 1. The van der Waals surface area contributed by atoms with Crippen LogP contribution in [0.5, 0.6) is 5.75 Å². The van der Waals surface area contributed by atoms with E-state index < -0.39 is 0 Å². The van der Waals surface area contributed by atoms with E-state index in [0.717, 1.165) is 43.8 Å². The van der Waals surface area contributed by atoms with Crippen molar-refractivity contribution >= 4 is 29.8 Å².